The Labute approximate surface area is 241 Å². The van der Waals surface area contributed by atoms with Crippen LogP contribution in [0.15, 0.2) is 60.7 Å². The summed E-state index contributed by atoms with van der Waals surface area (Å²) in [7, 11) is 6.37. The van der Waals surface area contributed by atoms with E-state index in [9.17, 15) is 9.59 Å². The normalized spacial score (nSPS) is 13.0. The lowest BCUT2D eigenvalue weighted by Gasteiger charge is -2.38. The summed E-state index contributed by atoms with van der Waals surface area (Å²) in [5, 5.41) is 5.90. The molecule has 1 saturated heterocycles. The van der Waals surface area contributed by atoms with Crippen molar-refractivity contribution >= 4 is 28.9 Å². The Hall–Kier alpha value is -4.44. The van der Waals surface area contributed by atoms with E-state index in [0.717, 1.165) is 43.3 Å². The molecule has 1 heterocycles. The Morgan fingerprint density at radius 2 is 1.41 bits per heavy atom. The van der Waals surface area contributed by atoms with E-state index in [1.807, 2.05) is 30.3 Å². The van der Waals surface area contributed by atoms with E-state index in [-0.39, 0.29) is 11.8 Å². The summed E-state index contributed by atoms with van der Waals surface area (Å²) in [6.45, 7) is 4.01. The lowest BCUT2D eigenvalue weighted by Crippen LogP contribution is -2.47. The smallest absolute Gasteiger partial charge is 0.255 e. The Morgan fingerprint density at radius 3 is 2.05 bits per heavy atom. The number of piperazine rings is 1. The predicted molar refractivity (Wildman–Crippen MR) is 160 cm³/mol. The van der Waals surface area contributed by atoms with E-state index in [2.05, 4.69) is 26.5 Å². The fourth-order valence-electron chi connectivity index (χ4n) is 4.81. The average molecular weight is 563 g/mol. The van der Waals surface area contributed by atoms with Crippen molar-refractivity contribution < 1.29 is 28.5 Å². The van der Waals surface area contributed by atoms with E-state index in [1.165, 1.54) is 14.2 Å². The van der Waals surface area contributed by atoms with Crippen LogP contribution < -0.4 is 34.6 Å². The van der Waals surface area contributed by atoms with E-state index >= 15 is 0 Å². The summed E-state index contributed by atoms with van der Waals surface area (Å²) in [6, 6.07) is 18.4. The standard InChI is InChI=1S/C31H38N4O6/c1-38-17-7-12-32-31(37)26-20-23(33-30(36)22-18-24(39-2)21-25(19-22)40-3)10-11-27(26)34-13-15-35(16-14-34)28-8-5-6-9-29(28)41-4/h5-6,8-11,18-21H,7,12-17H2,1-4H3,(H,32,37)(H,33,36). The number of ether oxygens (including phenoxy) is 4. The van der Waals surface area contributed by atoms with Crippen LogP contribution in [0.3, 0.4) is 0 Å². The molecule has 1 aliphatic rings. The number of para-hydroxylation sites is 2. The molecule has 0 aromatic heterocycles. The maximum absolute atomic E-state index is 13.4. The van der Waals surface area contributed by atoms with Gasteiger partial charge in [-0.15, -0.1) is 0 Å². The minimum Gasteiger partial charge on any atom is -0.497 e. The first-order valence-corrected chi connectivity index (χ1v) is 13.6. The van der Waals surface area contributed by atoms with Crippen molar-refractivity contribution in [3.8, 4) is 17.2 Å². The number of methoxy groups -OCH3 is 4. The van der Waals surface area contributed by atoms with Crippen molar-refractivity contribution in [3.63, 3.8) is 0 Å². The number of benzene rings is 3. The van der Waals surface area contributed by atoms with Gasteiger partial charge >= 0.3 is 0 Å². The highest BCUT2D eigenvalue weighted by molar-refractivity contribution is 6.06. The van der Waals surface area contributed by atoms with Crippen molar-refractivity contribution in [1.82, 2.24) is 5.32 Å². The van der Waals surface area contributed by atoms with Crippen LogP contribution >= 0.6 is 0 Å². The van der Waals surface area contributed by atoms with Gasteiger partial charge in [-0.2, -0.15) is 0 Å². The molecule has 0 unspecified atom stereocenters. The van der Waals surface area contributed by atoms with E-state index in [0.29, 0.717) is 47.9 Å². The first-order valence-electron chi connectivity index (χ1n) is 13.6. The number of carbonyl (C=O) groups is 2. The van der Waals surface area contributed by atoms with Crippen LogP contribution in [-0.4, -0.2) is 79.6 Å². The fraction of sp³-hybridized carbons (Fsp3) is 0.355. The second-order valence-electron chi connectivity index (χ2n) is 9.54. The number of anilines is 3. The van der Waals surface area contributed by atoms with Gasteiger partial charge in [-0.25, -0.2) is 0 Å². The molecule has 10 heteroatoms. The molecule has 10 nitrogen and oxygen atoms in total. The van der Waals surface area contributed by atoms with Gasteiger partial charge in [-0.3, -0.25) is 9.59 Å². The molecule has 2 N–H and O–H groups in total. The van der Waals surface area contributed by atoms with Gasteiger partial charge in [-0.05, 0) is 48.9 Å². The average Bonchev–Trinajstić information content (AvgIpc) is 3.02. The molecule has 1 aliphatic heterocycles. The molecule has 3 aromatic rings. The molecule has 0 spiro atoms. The summed E-state index contributed by atoms with van der Waals surface area (Å²) < 4.78 is 21.3. The molecule has 1 fully saturated rings. The van der Waals surface area contributed by atoms with Crippen molar-refractivity contribution in [1.29, 1.82) is 0 Å². The fourth-order valence-corrected chi connectivity index (χ4v) is 4.81. The zero-order valence-electron chi connectivity index (χ0n) is 24.1. The Morgan fingerprint density at radius 1 is 0.756 bits per heavy atom. The molecule has 4 rings (SSSR count). The quantitative estimate of drug-likeness (QED) is 0.319. The van der Waals surface area contributed by atoms with Gasteiger partial charge in [-0.1, -0.05) is 12.1 Å². The Bertz CT molecular complexity index is 1320. The van der Waals surface area contributed by atoms with Crippen molar-refractivity contribution in [3.05, 3.63) is 71.8 Å². The monoisotopic (exact) mass is 562 g/mol. The topological polar surface area (TPSA) is 102 Å². The minimum atomic E-state index is -0.341. The highest BCUT2D eigenvalue weighted by Crippen LogP contribution is 2.31. The maximum atomic E-state index is 13.4. The van der Waals surface area contributed by atoms with E-state index in [1.54, 1.807) is 38.5 Å². The third-order valence-corrected chi connectivity index (χ3v) is 6.97. The second kappa shape index (κ2) is 14.3. The first-order chi connectivity index (χ1) is 20.0. The molecule has 3 aromatic carbocycles. The van der Waals surface area contributed by atoms with Crippen molar-refractivity contribution in [2.75, 3.05) is 82.9 Å². The van der Waals surface area contributed by atoms with Crippen LogP contribution in [0.25, 0.3) is 0 Å². The summed E-state index contributed by atoms with van der Waals surface area (Å²) in [4.78, 5) is 31.0. The summed E-state index contributed by atoms with van der Waals surface area (Å²) in [5.41, 5.74) is 3.25. The minimum absolute atomic E-state index is 0.206. The van der Waals surface area contributed by atoms with Gasteiger partial charge in [0.2, 0.25) is 0 Å². The highest BCUT2D eigenvalue weighted by Gasteiger charge is 2.24. The molecule has 0 atom stereocenters. The van der Waals surface area contributed by atoms with Gasteiger partial charge in [0.1, 0.15) is 17.2 Å². The molecule has 41 heavy (non-hydrogen) atoms. The van der Waals surface area contributed by atoms with Crippen LogP contribution in [0.4, 0.5) is 17.1 Å². The number of rotatable bonds is 12. The Kier molecular flexibility index (Phi) is 10.3. The lowest BCUT2D eigenvalue weighted by atomic mass is 10.1. The lowest BCUT2D eigenvalue weighted by molar-refractivity contribution is 0.0947. The third kappa shape index (κ3) is 7.40. The molecule has 0 saturated carbocycles. The molecule has 0 radical (unpaired) electrons. The molecular formula is C31H38N4O6. The largest absolute Gasteiger partial charge is 0.497 e. The molecule has 0 bridgehead atoms. The molecule has 218 valence electrons. The third-order valence-electron chi connectivity index (χ3n) is 6.97. The zero-order valence-corrected chi connectivity index (χ0v) is 24.1. The predicted octanol–water partition coefficient (Wildman–Crippen LogP) is 4.06. The van der Waals surface area contributed by atoms with Gasteiger partial charge in [0.25, 0.3) is 11.8 Å². The first kappa shape index (κ1) is 29.5. The molecule has 2 amide bonds. The van der Waals surface area contributed by atoms with Gasteiger partial charge < -0.3 is 39.4 Å². The zero-order chi connectivity index (χ0) is 29.2. The van der Waals surface area contributed by atoms with Crippen LogP contribution in [0.5, 0.6) is 17.2 Å². The van der Waals surface area contributed by atoms with E-state index < -0.39 is 0 Å². The summed E-state index contributed by atoms with van der Waals surface area (Å²) in [5.74, 6) is 1.31. The second-order valence-corrected chi connectivity index (χ2v) is 9.54. The van der Waals surface area contributed by atoms with Crippen LogP contribution in [0.2, 0.25) is 0 Å². The van der Waals surface area contributed by atoms with Crippen LogP contribution in [-0.2, 0) is 4.74 Å². The van der Waals surface area contributed by atoms with E-state index in [4.69, 9.17) is 18.9 Å². The number of hydrogen-bond acceptors (Lipinski definition) is 8. The van der Waals surface area contributed by atoms with Crippen molar-refractivity contribution in [2.45, 2.75) is 6.42 Å². The maximum Gasteiger partial charge on any atom is 0.255 e. The number of amides is 2. The van der Waals surface area contributed by atoms with Crippen molar-refractivity contribution in [2.24, 2.45) is 0 Å². The summed E-state index contributed by atoms with van der Waals surface area (Å²) >= 11 is 0. The highest BCUT2D eigenvalue weighted by atomic mass is 16.5. The number of nitrogens with one attached hydrogen (secondary N) is 2. The summed E-state index contributed by atoms with van der Waals surface area (Å²) in [6.07, 6.45) is 0.698. The van der Waals surface area contributed by atoms with Crippen LogP contribution in [0.1, 0.15) is 27.1 Å². The molecular weight excluding hydrogens is 524 g/mol. The number of carbonyl (C=O) groups excluding carboxylic acids is 2. The van der Waals surface area contributed by atoms with Crippen LogP contribution in [0, 0.1) is 0 Å². The number of hydrogen-bond donors (Lipinski definition) is 2. The number of nitrogens with zero attached hydrogens (tertiary/aromatic N) is 2. The van der Waals surface area contributed by atoms with Gasteiger partial charge in [0, 0.05) is 69.4 Å². The molecule has 0 aliphatic carbocycles. The van der Waals surface area contributed by atoms with Gasteiger partial charge in [0.05, 0.1) is 32.6 Å². The Balaban J connectivity index is 1.55. The van der Waals surface area contributed by atoms with Gasteiger partial charge in [0.15, 0.2) is 0 Å². The SMILES string of the molecule is COCCCNC(=O)c1cc(NC(=O)c2cc(OC)cc(OC)c2)ccc1N1CCN(c2ccccc2OC)CC1.